The van der Waals surface area contributed by atoms with Crippen molar-refractivity contribution in [3.05, 3.63) is 53.1 Å². The number of H-pyrrole nitrogens is 1. The van der Waals surface area contributed by atoms with Crippen molar-refractivity contribution in [1.29, 1.82) is 0 Å². The molecule has 0 spiro atoms. The van der Waals surface area contributed by atoms with Crippen LogP contribution in [0.1, 0.15) is 48.6 Å². The van der Waals surface area contributed by atoms with Crippen LogP contribution in [0.5, 0.6) is 0 Å². The average molecular weight is 327 g/mol. The first-order valence-corrected chi connectivity index (χ1v) is 8.66. The maximum absolute atomic E-state index is 13.6. The number of piperidine rings is 1. The normalized spacial score (nSPS) is 22.4. The van der Waals surface area contributed by atoms with Gasteiger partial charge in [0.15, 0.2) is 0 Å². The largest absolute Gasteiger partial charge is 0.341 e. The zero-order valence-electron chi connectivity index (χ0n) is 13.9. The van der Waals surface area contributed by atoms with Gasteiger partial charge in [-0.2, -0.15) is 5.10 Å². The molecule has 4 rings (SSSR count). The lowest BCUT2D eigenvalue weighted by atomic mass is 9.90. The van der Waals surface area contributed by atoms with Crippen molar-refractivity contribution in [3.8, 4) is 0 Å². The molecular weight excluding hydrogens is 305 g/mol. The van der Waals surface area contributed by atoms with Crippen LogP contribution >= 0.6 is 0 Å². The molecule has 0 radical (unpaired) electrons. The second-order valence-electron chi connectivity index (χ2n) is 7.16. The minimum absolute atomic E-state index is 0.157. The van der Waals surface area contributed by atoms with Crippen LogP contribution in [0.25, 0.3) is 0 Å². The van der Waals surface area contributed by atoms with Gasteiger partial charge in [0.1, 0.15) is 5.82 Å². The number of nitrogens with zero attached hydrogens (tertiary/aromatic N) is 2. The van der Waals surface area contributed by atoms with E-state index in [-0.39, 0.29) is 17.6 Å². The molecule has 1 saturated carbocycles. The van der Waals surface area contributed by atoms with E-state index in [0.717, 1.165) is 49.2 Å². The highest BCUT2D eigenvalue weighted by atomic mass is 19.1. The predicted octanol–water partition coefficient (Wildman–Crippen LogP) is 3.30. The summed E-state index contributed by atoms with van der Waals surface area (Å²) < 4.78 is 13.6. The highest BCUT2D eigenvalue weighted by Gasteiger charge is 2.53. The number of rotatable bonds is 3. The van der Waals surface area contributed by atoms with Crippen molar-refractivity contribution in [3.63, 3.8) is 0 Å². The lowest BCUT2D eigenvalue weighted by Crippen LogP contribution is -2.44. The Hall–Kier alpha value is -2.17. The molecule has 1 atom stereocenters. The van der Waals surface area contributed by atoms with E-state index in [1.54, 1.807) is 6.07 Å². The number of amides is 1. The molecule has 1 aliphatic heterocycles. The molecule has 5 heteroatoms. The molecule has 1 aliphatic carbocycles. The van der Waals surface area contributed by atoms with Crippen LogP contribution in [-0.2, 0) is 10.2 Å². The Balaban J connectivity index is 1.54. The topological polar surface area (TPSA) is 49.0 Å². The van der Waals surface area contributed by atoms with Crippen molar-refractivity contribution in [1.82, 2.24) is 15.1 Å². The molecule has 126 valence electrons. The van der Waals surface area contributed by atoms with Crippen LogP contribution in [0.15, 0.2) is 30.3 Å². The van der Waals surface area contributed by atoms with Gasteiger partial charge in [-0.3, -0.25) is 9.89 Å². The van der Waals surface area contributed by atoms with Gasteiger partial charge in [-0.15, -0.1) is 0 Å². The summed E-state index contributed by atoms with van der Waals surface area (Å²) in [7, 11) is 0. The number of nitrogens with one attached hydrogen (secondary N) is 1. The SMILES string of the molecule is Cc1cc([C@H]2CCCN(C(=O)C3(c4cccc(F)c4)CC3)C2)n[nH]1. The van der Waals surface area contributed by atoms with Gasteiger partial charge in [-0.1, -0.05) is 12.1 Å². The molecule has 2 heterocycles. The second kappa shape index (κ2) is 5.72. The smallest absolute Gasteiger partial charge is 0.233 e. The fourth-order valence-electron chi connectivity index (χ4n) is 3.89. The maximum Gasteiger partial charge on any atom is 0.233 e. The molecule has 1 N–H and O–H groups in total. The molecule has 1 aromatic carbocycles. The van der Waals surface area contributed by atoms with Gasteiger partial charge >= 0.3 is 0 Å². The molecule has 1 aromatic heterocycles. The van der Waals surface area contributed by atoms with Crippen molar-refractivity contribution in [2.45, 2.75) is 43.9 Å². The van der Waals surface area contributed by atoms with E-state index in [4.69, 9.17) is 0 Å². The number of carbonyl (C=O) groups excluding carboxylic acids is 1. The third kappa shape index (κ3) is 2.62. The highest BCUT2D eigenvalue weighted by molar-refractivity contribution is 5.91. The fourth-order valence-corrected chi connectivity index (χ4v) is 3.89. The Morgan fingerprint density at radius 3 is 2.88 bits per heavy atom. The van der Waals surface area contributed by atoms with E-state index in [0.29, 0.717) is 6.54 Å². The molecule has 1 amide bonds. The van der Waals surface area contributed by atoms with Gasteiger partial charge in [-0.05, 0) is 56.4 Å². The first-order chi connectivity index (χ1) is 11.6. The van der Waals surface area contributed by atoms with Crippen molar-refractivity contribution in [2.75, 3.05) is 13.1 Å². The molecule has 24 heavy (non-hydrogen) atoms. The Morgan fingerprint density at radius 2 is 2.21 bits per heavy atom. The van der Waals surface area contributed by atoms with E-state index >= 15 is 0 Å². The summed E-state index contributed by atoms with van der Waals surface area (Å²) in [5, 5.41) is 7.36. The number of hydrogen-bond donors (Lipinski definition) is 1. The molecule has 4 nitrogen and oxygen atoms in total. The van der Waals surface area contributed by atoms with Gasteiger partial charge < -0.3 is 4.90 Å². The summed E-state index contributed by atoms with van der Waals surface area (Å²) in [4.78, 5) is 15.1. The molecule has 0 unspecified atom stereocenters. The van der Waals surface area contributed by atoms with Crippen molar-refractivity contribution < 1.29 is 9.18 Å². The Morgan fingerprint density at radius 1 is 1.38 bits per heavy atom. The summed E-state index contributed by atoms with van der Waals surface area (Å²) in [5.41, 5.74) is 2.42. The summed E-state index contributed by atoms with van der Waals surface area (Å²) in [6.07, 6.45) is 3.68. The molecule has 0 bridgehead atoms. The number of aryl methyl sites for hydroxylation is 1. The number of benzene rings is 1. The molecule has 1 saturated heterocycles. The number of likely N-dealkylation sites (tertiary alicyclic amines) is 1. The third-order valence-electron chi connectivity index (χ3n) is 5.39. The predicted molar refractivity (Wildman–Crippen MR) is 89.2 cm³/mol. The summed E-state index contributed by atoms with van der Waals surface area (Å²) >= 11 is 0. The number of halogens is 1. The van der Waals surface area contributed by atoms with Crippen LogP contribution in [0, 0.1) is 12.7 Å². The minimum atomic E-state index is -0.495. The molecule has 2 aliphatic rings. The van der Waals surface area contributed by atoms with Gasteiger partial charge in [-0.25, -0.2) is 4.39 Å². The van der Waals surface area contributed by atoms with E-state index in [1.165, 1.54) is 12.1 Å². The highest BCUT2D eigenvalue weighted by Crippen LogP contribution is 2.50. The lowest BCUT2D eigenvalue weighted by Gasteiger charge is -2.34. The minimum Gasteiger partial charge on any atom is -0.341 e. The third-order valence-corrected chi connectivity index (χ3v) is 5.39. The van der Waals surface area contributed by atoms with Gasteiger partial charge in [0.2, 0.25) is 5.91 Å². The van der Waals surface area contributed by atoms with Crippen molar-refractivity contribution in [2.24, 2.45) is 0 Å². The fraction of sp³-hybridized carbons (Fsp3) is 0.474. The molecule has 2 aromatic rings. The summed E-state index contributed by atoms with van der Waals surface area (Å²) in [6.45, 7) is 3.49. The second-order valence-corrected chi connectivity index (χ2v) is 7.16. The van der Waals surface area contributed by atoms with Crippen LogP contribution in [0.3, 0.4) is 0 Å². The van der Waals surface area contributed by atoms with Gasteiger partial charge in [0.05, 0.1) is 11.1 Å². The van der Waals surface area contributed by atoms with E-state index in [9.17, 15) is 9.18 Å². The van der Waals surface area contributed by atoms with Crippen LogP contribution in [0.4, 0.5) is 4.39 Å². The Bertz CT molecular complexity index is 765. The summed E-state index contributed by atoms with van der Waals surface area (Å²) in [5.74, 6) is 0.177. The maximum atomic E-state index is 13.6. The zero-order valence-corrected chi connectivity index (χ0v) is 13.9. The first-order valence-electron chi connectivity index (χ1n) is 8.66. The monoisotopic (exact) mass is 327 g/mol. The molecule has 2 fully saturated rings. The number of aromatic amines is 1. The Kier molecular flexibility index (Phi) is 3.66. The standard InChI is InChI=1S/C19H22FN3O/c1-13-10-17(22-21-13)14-4-3-9-23(12-14)18(24)19(7-8-19)15-5-2-6-16(20)11-15/h2,5-6,10-11,14H,3-4,7-9,12H2,1H3,(H,21,22)/t14-/m0/s1. The van der Waals surface area contributed by atoms with Gasteiger partial charge in [0, 0.05) is 24.7 Å². The van der Waals surface area contributed by atoms with Crippen LogP contribution in [-0.4, -0.2) is 34.1 Å². The Labute approximate surface area is 141 Å². The lowest BCUT2D eigenvalue weighted by molar-refractivity contribution is -0.135. The van der Waals surface area contributed by atoms with E-state index in [1.807, 2.05) is 17.9 Å². The van der Waals surface area contributed by atoms with Crippen LogP contribution in [0.2, 0.25) is 0 Å². The van der Waals surface area contributed by atoms with E-state index < -0.39 is 5.41 Å². The number of aromatic nitrogens is 2. The van der Waals surface area contributed by atoms with Crippen LogP contribution < -0.4 is 0 Å². The quantitative estimate of drug-likeness (QED) is 0.940. The average Bonchev–Trinajstić information content (AvgIpc) is 3.30. The summed E-state index contributed by atoms with van der Waals surface area (Å²) in [6, 6.07) is 8.60. The van der Waals surface area contributed by atoms with Crippen molar-refractivity contribution >= 4 is 5.91 Å². The molecular formula is C19H22FN3O. The van der Waals surface area contributed by atoms with Gasteiger partial charge in [0.25, 0.3) is 0 Å². The number of hydrogen-bond acceptors (Lipinski definition) is 2. The first kappa shape index (κ1) is 15.4. The number of carbonyl (C=O) groups is 1. The van der Waals surface area contributed by atoms with E-state index in [2.05, 4.69) is 16.3 Å². The zero-order chi connectivity index (χ0) is 16.7.